The van der Waals surface area contributed by atoms with Crippen LogP contribution in [0, 0.1) is 17.0 Å². The molecule has 24 heavy (non-hydrogen) atoms. The number of hydrogen-bond donors (Lipinski definition) is 2. The van der Waals surface area contributed by atoms with Crippen LogP contribution in [0.15, 0.2) is 42.5 Å². The molecular weight excluding hydrogens is 312 g/mol. The van der Waals surface area contributed by atoms with Crippen molar-refractivity contribution >= 4 is 23.1 Å². The van der Waals surface area contributed by atoms with Gasteiger partial charge in [0.25, 0.3) is 5.69 Å². The minimum Gasteiger partial charge on any atom is -0.506 e. The lowest BCUT2D eigenvalue weighted by Crippen LogP contribution is -2.13. The van der Waals surface area contributed by atoms with Gasteiger partial charge in [0.15, 0.2) is 5.78 Å². The van der Waals surface area contributed by atoms with Crippen LogP contribution in [0.4, 0.5) is 11.4 Å². The maximum Gasteiger partial charge on any atom is 0.273 e. The van der Waals surface area contributed by atoms with E-state index in [0.29, 0.717) is 5.56 Å². The summed E-state index contributed by atoms with van der Waals surface area (Å²) in [7, 11) is 0. The van der Waals surface area contributed by atoms with E-state index < -0.39 is 16.6 Å². The minimum atomic E-state index is -0.647. The number of amides is 1. The van der Waals surface area contributed by atoms with Gasteiger partial charge in [0, 0.05) is 24.5 Å². The number of anilines is 1. The van der Waals surface area contributed by atoms with E-state index in [4.69, 9.17) is 0 Å². The Labute approximate surface area is 138 Å². The number of carbonyl (C=O) groups excluding carboxylic acids is 2. The van der Waals surface area contributed by atoms with E-state index >= 15 is 0 Å². The van der Waals surface area contributed by atoms with Crippen LogP contribution in [0.3, 0.4) is 0 Å². The molecule has 2 N–H and O–H groups in total. The zero-order valence-electron chi connectivity index (χ0n) is 13.0. The van der Waals surface area contributed by atoms with Crippen molar-refractivity contribution < 1.29 is 19.6 Å². The molecule has 7 heteroatoms. The Hall–Kier alpha value is -3.22. The summed E-state index contributed by atoms with van der Waals surface area (Å²) in [6, 6.07) is 10.4. The molecule has 0 aliphatic heterocycles. The number of nitro groups is 1. The average Bonchev–Trinajstić information content (AvgIpc) is 2.55. The van der Waals surface area contributed by atoms with E-state index in [1.165, 1.54) is 12.1 Å². The van der Waals surface area contributed by atoms with Gasteiger partial charge in [-0.25, -0.2) is 0 Å². The highest BCUT2D eigenvalue weighted by atomic mass is 16.6. The highest BCUT2D eigenvalue weighted by molar-refractivity contribution is 6.00. The quantitative estimate of drug-likeness (QED) is 0.366. The van der Waals surface area contributed by atoms with Gasteiger partial charge in [-0.05, 0) is 13.0 Å². The lowest BCUT2D eigenvalue weighted by Gasteiger charge is -2.07. The molecule has 7 nitrogen and oxygen atoms in total. The van der Waals surface area contributed by atoms with Crippen LogP contribution in [0.1, 0.15) is 28.8 Å². The Morgan fingerprint density at radius 3 is 2.38 bits per heavy atom. The number of nitro benzene ring substituents is 1. The van der Waals surface area contributed by atoms with Gasteiger partial charge in [0.2, 0.25) is 5.91 Å². The zero-order chi connectivity index (χ0) is 17.7. The number of nitrogens with zero attached hydrogens (tertiary/aromatic N) is 1. The summed E-state index contributed by atoms with van der Waals surface area (Å²) in [6.07, 6.45) is -0.0220. The van der Waals surface area contributed by atoms with E-state index in [-0.39, 0.29) is 30.0 Å². The van der Waals surface area contributed by atoms with E-state index in [1.54, 1.807) is 12.1 Å². The fraction of sp³-hybridized carbons (Fsp3) is 0.176. The van der Waals surface area contributed by atoms with Crippen molar-refractivity contribution in [3.8, 4) is 5.75 Å². The van der Waals surface area contributed by atoms with Crippen molar-refractivity contribution in [2.45, 2.75) is 19.8 Å². The van der Waals surface area contributed by atoms with Crippen molar-refractivity contribution in [1.29, 1.82) is 0 Å². The second kappa shape index (κ2) is 7.36. The van der Waals surface area contributed by atoms with E-state index in [9.17, 15) is 24.8 Å². The zero-order valence-corrected chi connectivity index (χ0v) is 13.0. The number of benzene rings is 2. The Bertz CT molecular complexity index is 784. The van der Waals surface area contributed by atoms with Crippen molar-refractivity contribution in [2.75, 3.05) is 5.32 Å². The maximum atomic E-state index is 12.0. The summed E-state index contributed by atoms with van der Waals surface area (Å²) in [5, 5.41) is 22.7. The predicted octanol–water partition coefficient (Wildman–Crippen LogP) is 3.21. The second-order valence-electron chi connectivity index (χ2n) is 5.30. The smallest absolute Gasteiger partial charge is 0.273 e. The third-order valence-electron chi connectivity index (χ3n) is 3.42. The standard InChI is InChI=1S/C17H16N2O5/c1-11-2-4-12(5-3-11)15(20)8-9-17(22)18-14-7-6-13(19(23)24)10-16(14)21/h2-7,10,21H,8-9H2,1H3,(H,18,22). The van der Waals surface area contributed by atoms with Crippen LogP contribution in [-0.2, 0) is 4.79 Å². The number of aromatic hydroxyl groups is 1. The molecule has 0 spiro atoms. The summed E-state index contributed by atoms with van der Waals surface area (Å²) in [5.74, 6) is -1.01. The van der Waals surface area contributed by atoms with Gasteiger partial charge in [-0.1, -0.05) is 29.8 Å². The molecule has 0 saturated carbocycles. The normalized spacial score (nSPS) is 10.2. The van der Waals surface area contributed by atoms with Crippen LogP contribution >= 0.6 is 0 Å². The van der Waals surface area contributed by atoms with Gasteiger partial charge >= 0.3 is 0 Å². The number of phenolic OH excluding ortho intramolecular Hbond substituents is 1. The Morgan fingerprint density at radius 1 is 1.12 bits per heavy atom. The first-order valence-corrected chi connectivity index (χ1v) is 7.24. The molecule has 0 saturated heterocycles. The first-order chi connectivity index (χ1) is 11.4. The minimum absolute atomic E-state index is 0.0304. The molecule has 2 rings (SSSR count). The van der Waals surface area contributed by atoms with Gasteiger partial charge in [-0.3, -0.25) is 19.7 Å². The molecular formula is C17H16N2O5. The molecule has 0 atom stereocenters. The number of aryl methyl sites for hydroxylation is 1. The summed E-state index contributed by atoms with van der Waals surface area (Å²) in [6.45, 7) is 1.92. The number of hydrogen-bond acceptors (Lipinski definition) is 5. The second-order valence-corrected chi connectivity index (χ2v) is 5.30. The topological polar surface area (TPSA) is 110 Å². The molecule has 0 aliphatic rings. The summed E-state index contributed by atoms with van der Waals surface area (Å²) in [4.78, 5) is 33.8. The van der Waals surface area contributed by atoms with Gasteiger partial charge < -0.3 is 10.4 Å². The molecule has 1 amide bonds. The highest BCUT2D eigenvalue weighted by Crippen LogP contribution is 2.28. The van der Waals surface area contributed by atoms with Crippen LogP contribution in [0.2, 0.25) is 0 Å². The molecule has 2 aromatic carbocycles. The number of ketones is 1. The van der Waals surface area contributed by atoms with Crippen LogP contribution in [-0.4, -0.2) is 21.7 Å². The highest BCUT2D eigenvalue weighted by Gasteiger charge is 2.13. The fourth-order valence-corrected chi connectivity index (χ4v) is 2.06. The molecule has 0 aromatic heterocycles. The van der Waals surface area contributed by atoms with E-state index in [0.717, 1.165) is 11.6 Å². The van der Waals surface area contributed by atoms with Crippen LogP contribution < -0.4 is 5.32 Å². The first-order valence-electron chi connectivity index (χ1n) is 7.24. The molecule has 0 unspecified atom stereocenters. The molecule has 0 radical (unpaired) electrons. The number of phenols is 1. The number of Topliss-reactive ketones (excluding diaryl/α,β-unsaturated/α-hetero) is 1. The molecule has 0 bridgehead atoms. The molecule has 0 fully saturated rings. The van der Waals surface area contributed by atoms with E-state index in [1.807, 2.05) is 19.1 Å². The van der Waals surface area contributed by atoms with Gasteiger partial charge in [0.05, 0.1) is 16.7 Å². The molecule has 124 valence electrons. The monoisotopic (exact) mass is 328 g/mol. The van der Waals surface area contributed by atoms with Crippen LogP contribution in [0.5, 0.6) is 5.75 Å². The SMILES string of the molecule is Cc1ccc(C(=O)CCC(=O)Nc2ccc([N+](=O)[O-])cc2O)cc1. The van der Waals surface area contributed by atoms with Crippen LogP contribution in [0.25, 0.3) is 0 Å². The number of nitrogens with one attached hydrogen (secondary N) is 1. The van der Waals surface area contributed by atoms with Crippen molar-refractivity contribution in [2.24, 2.45) is 0 Å². The Balaban J connectivity index is 1.92. The lowest BCUT2D eigenvalue weighted by molar-refractivity contribution is -0.384. The predicted molar refractivity (Wildman–Crippen MR) is 88.1 cm³/mol. The number of non-ortho nitro benzene ring substituents is 1. The van der Waals surface area contributed by atoms with Crippen molar-refractivity contribution in [1.82, 2.24) is 0 Å². The third kappa shape index (κ3) is 4.39. The summed E-state index contributed by atoms with van der Waals surface area (Å²) >= 11 is 0. The molecule has 0 heterocycles. The van der Waals surface area contributed by atoms with Gasteiger partial charge in [0.1, 0.15) is 5.75 Å². The third-order valence-corrected chi connectivity index (χ3v) is 3.42. The first kappa shape index (κ1) is 17.1. The van der Waals surface area contributed by atoms with Crippen molar-refractivity contribution in [3.63, 3.8) is 0 Å². The van der Waals surface area contributed by atoms with Gasteiger partial charge in [-0.2, -0.15) is 0 Å². The summed E-state index contributed by atoms with van der Waals surface area (Å²) < 4.78 is 0. The van der Waals surface area contributed by atoms with Crippen molar-refractivity contribution in [3.05, 3.63) is 63.7 Å². The molecule has 0 aliphatic carbocycles. The fourth-order valence-electron chi connectivity index (χ4n) is 2.06. The summed E-state index contributed by atoms with van der Waals surface area (Å²) in [5.41, 5.74) is 1.36. The Kier molecular flexibility index (Phi) is 5.26. The molecule has 2 aromatic rings. The van der Waals surface area contributed by atoms with Gasteiger partial charge in [-0.15, -0.1) is 0 Å². The Morgan fingerprint density at radius 2 is 1.79 bits per heavy atom. The largest absolute Gasteiger partial charge is 0.506 e. The number of carbonyl (C=O) groups is 2. The average molecular weight is 328 g/mol. The maximum absolute atomic E-state index is 12.0. The van der Waals surface area contributed by atoms with E-state index in [2.05, 4.69) is 5.32 Å². The lowest BCUT2D eigenvalue weighted by atomic mass is 10.0. The number of rotatable bonds is 6.